The van der Waals surface area contributed by atoms with Crippen molar-refractivity contribution in [2.75, 3.05) is 26.2 Å². The smallest absolute Gasteiger partial charge is 0.0978 e. The number of halogens is 1. The van der Waals surface area contributed by atoms with Crippen molar-refractivity contribution in [3.8, 4) is 0 Å². The minimum absolute atomic E-state index is 0.270. The van der Waals surface area contributed by atoms with Crippen LogP contribution in [-0.4, -0.2) is 53.1 Å². The van der Waals surface area contributed by atoms with Crippen molar-refractivity contribution in [2.45, 2.75) is 102 Å². The van der Waals surface area contributed by atoms with Crippen molar-refractivity contribution in [2.24, 2.45) is 28.6 Å². The van der Waals surface area contributed by atoms with Crippen LogP contribution in [0.4, 0.5) is 0 Å². The van der Waals surface area contributed by atoms with Crippen LogP contribution < -0.4 is 0 Å². The Morgan fingerprint density at radius 3 is 2.42 bits per heavy atom. The molecule has 0 radical (unpaired) electrons. The van der Waals surface area contributed by atoms with Crippen LogP contribution in [0.15, 0.2) is 24.3 Å². The van der Waals surface area contributed by atoms with E-state index in [4.69, 9.17) is 16.3 Å². The molecule has 1 aromatic carbocycles. The molecule has 1 aliphatic heterocycles. The van der Waals surface area contributed by atoms with Gasteiger partial charge < -0.3 is 19.8 Å². The minimum Gasteiger partial charge on any atom is -0.389 e. The standard InChI is InChI=1S/C31H46ClNO3/c1-28-13-11-25(36-20-19-33-17-3-4-18-33)21-23(28)7-10-27-26(28)12-14-29(2)30(34,15-16-31(27,29)35)22-5-8-24(32)9-6-22/h5-6,8-9,23,25-27,34-35H,3-4,7,10-21H2,1-2H3/t23?,25?,26-,27-,28+,29-,30?,31-/m1/s1. The Bertz CT molecular complexity index is 950. The summed E-state index contributed by atoms with van der Waals surface area (Å²) in [6.45, 7) is 9.15. The van der Waals surface area contributed by atoms with Crippen molar-refractivity contribution >= 4 is 11.6 Å². The molecule has 36 heavy (non-hydrogen) atoms. The van der Waals surface area contributed by atoms with E-state index in [1.165, 1.54) is 45.2 Å². The van der Waals surface area contributed by atoms with Gasteiger partial charge in [-0.3, -0.25) is 0 Å². The molecule has 0 amide bonds. The highest BCUT2D eigenvalue weighted by atomic mass is 35.5. The summed E-state index contributed by atoms with van der Waals surface area (Å²) in [6.07, 6.45) is 12.2. The molecule has 3 unspecified atom stereocenters. The van der Waals surface area contributed by atoms with Crippen molar-refractivity contribution in [1.29, 1.82) is 0 Å². The monoisotopic (exact) mass is 515 g/mol. The zero-order valence-electron chi connectivity index (χ0n) is 22.4. The van der Waals surface area contributed by atoms with E-state index >= 15 is 0 Å². The molecule has 8 atom stereocenters. The zero-order chi connectivity index (χ0) is 25.2. The largest absolute Gasteiger partial charge is 0.389 e. The van der Waals surface area contributed by atoms with Gasteiger partial charge in [-0.25, -0.2) is 0 Å². The fraction of sp³-hybridized carbons (Fsp3) is 0.806. The second-order valence-electron chi connectivity index (χ2n) is 13.5. The van der Waals surface area contributed by atoms with Gasteiger partial charge in [0.25, 0.3) is 0 Å². The molecule has 2 N–H and O–H groups in total. The highest BCUT2D eigenvalue weighted by Crippen LogP contribution is 2.71. The summed E-state index contributed by atoms with van der Waals surface area (Å²) in [5, 5.41) is 25.3. The number of ether oxygens (including phenoxy) is 1. The topological polar surface area (TPSA) is 52.9 Å². The molecular weight excluding hydrogens is 470 g/mol. The van der Waals surface area contributed by atoms with Crippen molar-refractivity contribution < 1.29 is 14.9 Å². The second-order valence-corrected chi connectivity index (χ2v) is 13.9. The molecule has 5 fully saturated rings. The van der Waals surface area contributed by atoms with Crippen LogP contribution in [0, 0.1) is 28.6 Å². The average molecular weight is 516 g/mol. The molecule has 5 heteroatoms. The predicted molar refractivity (Wildman–Crippen MR) is 144 cm³/mol. The maximum absolute atomic E-state index is 12.5. The van der Waals surface area contributed by atoms with Crippen molar-refractivity contribution in [3.63, 3.8) is 0 Å². The lowest BCUT2D eigenvalue weighted by Gasteiger charge is -2.64. The maximum Gasteiger partial charge on any atom is 0.0978 e. The third kappa shape index (κ3) is 3.76. The van der Waals surface area contributed by atoms with Gasteiger partial charge in [0, 0.05) is 17.0 Å². The summed E-state index contributed by atoms with van der Waals surface area (Å²) in [6, 6.07) is 7.68. The Labute approximate surface area is 222 Å². The van der Waals surface area contributed by atoms with Crippen molar-refractivity contribution in [3.05, 3.63) is 34.9 Å². The number of hydrogen-bond donors (Lipinski definition) is 2. The van der Waals surface area contributed by atoms with Gasteiger partial charge in [-0.1, -0.05) is 37.6 Å². The van der Waals surface area contributed by atoms with Gasteiger partial charge in [0.05, 0.1) is 23.9 Å². The Hall–Kier alpha value is -0.650. The molecule has 6 rings (SSSR count). The van der Waals surface area contributed by atoms with Gasteiger partial charge in [-0.15, -0.1) is 0 Å². The molecule has 4 aliphatic carbocycles. The predicted octanol–water partition coefficient (Wildman–Crippen LogP) is 6.17. The Kier molecular flexibility index (Phi) is 6.57. The van der Waals surface area contributed by atoms with Gasteiger partial charge in [-0.05, 0) is 125 Å². The molecule has 1 saturated heterocycles. The molecule has 0 spiro atoms. The normalized spacial score (nSPS) is 46.8. The molecule has 0 aromatic heterocycles. The summed E-state index contributed by atoms with van der Waals surface area (Å²) in [5.41, 5.74) is -1.17. The van der Waals surface area contributed by atoms with E-state index in [2.05, 4.69) is 18.7 Å². The van der Waals surface area contributed by atoms with E-state index in [0.717, 1.165) is 44.4 Å². The third-order valence-corrected chi connectivity index (χ3v) is 12.5. The number of hydrogen-bond acceptors (Lipinski definition) is 4. The van der Waals surface area contributed by atoms with Crippen LogP contribution in [0.1, 0.15) is 90.0 Å². The number of rotatable bonds is 5. The fourth-order valence-electron chi connectivity index (χ4n) is 9.90. The van der Waals surface area contributed by atoms with Crippen LogP contribution in [0.25, 0.3) is 0 Å². The lowest BCUT2D eigenvalue weighted by atomic mass is 9.43. The fourth-order valence-corrected chi connectivity index (χ4v) is 10.0. The minimum atomic E-state index is -1.00. The summed E-state index contributed by atoms with van der Waals surface area (Å²) in [5.74, 6) is 1.49. The molecule has 1 aromatic rings. The van der Waals surface area contributed by atoms with Crippen LogP contribution in [0.2, 0.25) is 5.02 Å². The molecule has 0 bridgehead atoms. The number of benzene rings is 1. The summed E-state index contributed by atoms with van der Waals surface area (Å²) < 4.78 is 6.43. The molecule has 200 valence electrons. The first-order valence-corrected chi connectivity index (χ1v) is 15.1. The Morgan fingerprint density at radius 1 is 0.917 bits per heavy atom. The summed E-state index contributed by atoms with van der Waals surface area (Å²) >= 11 is 6.16. The third-order valence-electron chi connectivity index (χ3n) is 12.2. The van der Waals surface area contributed by atoms with E-state index in [9.17, 15) is 10.2 Å². The van der Waals surface area contributed by atoms with E-state index in [-0.39, 0.29) is 11.3 Å². The van der Waals surface area contributed by atoms with Gasteiger partial charge in [0.15, 0.2) is 0 Å². The summed E-state index contributed by atoms with van der Waals surface area (Å²) in [4.78, 5) is 2.55. The quantitative estimate of drug-likeness (QED) is 0.492. The molecular formula is C31H46ClNO3. The summed E-state index contributed by atoms with van der Waals surface area (Å²) in [7, 11) is 0. The highest BCUT2D eigenvalue weighted by molar-refractivity contribution is 6.30. The number of fused-ring (bicyclic) bond motifs is 5. The van der Waals surface area contributed by atoms with Crippen LogP contribution in [0.3, 0.4) is 0 Å². The Morgan fingerprint density at radius 2 is 1.67 bits per heavy atom. The molecule has 1 heterocycles. The Balaban J connectivity index is 1.17. The highest BCUT2D eigenvalue weighted by Gasteiger charge is 2.72. The van der Waals surface area contributed by atoms with Gasteiger partial charge in [0.1, 0.15) is 0 Å². The molecule has 5 aliphatic rings. The van der Waals surface area contributed by atoms with E-state index in [1.54, 1.807) is 0 Å². The number of nitrogens with zero attached hydrogens (tertiary/aromatic N) is 1. The van der Waals surface area contributed by atoms with Crippen molar-refractivity contribution in [1.82, 2.24) is 4.90 Å². The number of aliphatic hydroxyl groups is 2. The van der Waals surface area contributed by atoms with Gasteiger partial charge >= 0.3 is 0 Å². The molecule has 4 nitrogen and oxygen atoms in total. The van der Waals surface area contributed by atoms with E-state index in [0.29, 0.717) is 35.8 Å². The van der Waals surface area contributed by atoms with E-state index < -0.39 is 16.6 Å². The molecule has 4 saturated carbocycles. The van der Waals surface area contributed by atoms with Gasteiger partial charge in [0.2, 0.25) is 0 Å². The van der Waals surface area contributed by atoms with Crippen LogP contribution in [0.5, 0.6) is 0 Å². The zero-order valence-corrected chi connectivity index (χ0v) is 23.1. The second kappa shape index (κ2) is 9.23. The average Bonchev–Trinajstić information content (AvgIpc) is 3.46. The van der Waals surface area contributed by atoms with Crippen LogP contribution >= 0.6 is 11.6 Å². The SMILES string of the molecule is C[C@]12CCC(OCCN3CCCC3)CC1CC[C@@H]1[C@H]2CC[C@]2(C)C(O)(c3ccc(Cl)cc3)CC[C@@]12O. The van der Waals surface area contributed by atoms with Gasteiger partial charge in [-0.2, -0.15) is 0 Å². The number of likely N-dealkylation sites (tertiary alicyclic amines) is 1. The maximum atomic E-state index is 12.5. The lowest BCUT2D eigenvalue weighted by Crippen LogP contribution is -2.64. The van der Waals surface area contributed by atoms with Crippen LogP contribution in [-0.2, 0) is 10.3 Å². The first kappa shape index (κ1) is 25.6. The first-order valence-electron chi connectivity index (χ1n) is 14.7. The first-order chi connectivity index (χ1) is 17.2. The van der Waals surface area contributed by atoms with E-state index in [1.807, 2.05) is 24.3 Å². The lowest BCUT2D eigenvalue weighted by molar-refractivity contribution is -0.239.